The molecule has 1 aliphatic heterocycles. The fourth-order valence-electron chi connectivity index (χ4n) is 4.64. The van der Waals surface area contributed by atoms with E-state index >= 15 is 0 Å². The minimum atomic E-state index is -2.45. The van der Waals surface area contributed by atoms with Crippen molar-refractivity contribution in [1.29, 1.82) is 0 Å². The number of Topliss-reactive ketones (excluding diaryl/α,β-unsaturated/α-hetero) is 1. The quantitative estimate of drug-likeness (QED) is 0.183. The number of hydrogen-bond donors (Lipinski definition) is 3. The molecule has 0 aliphatic carbocycles. The number of carbonyl (C=O) groups excluding carboxylic acids is 5. The Morgan fingerprint density at radius 1 is 1.00 bits per heavy atom. The third-order valence-corrected chi connectivity index (χ3v) is 7.33. The average molecular weight is 578 g/mol. The van der Waals surface area contributed by atoms with Gasteiger partial charge in [0.1, 0.15) is 12.6 Å². The van der Waals surface area contributed by atoms with Crippen LogP contribution in [-0.4, -0.2) is 71.3 Å². The lowest BCUT2D eigenvalue weighted by atomic mass is 9.85. The van der Waals surface area contributed by atoms with Crippen molar-refractivity contribution in [3.63, 3.8) is 0 Å². The normalized spacial score (nSPS) is 24.6. The summed E-state index contributed by atoms with van der Waals surface area (Å²) in [6, 6.07) is 0. The van der Waals surface area contributed by atoms with Crippen LogP contribution in [0, 0.1) is 11.8 Å². The number of ketones is 1. The number of nitrogens with one attached hydrogen (secondary N) is 2. The summed E-state index contributed by atoms with van der Waals surface area (Å²) in [6.45, 7) is 9.79. The molecule has 1 aliphatic rings. The molecule has 41 heavy (non-hydrogen) atoms. The van der Waals surface area contributed by atoms with E-state index in [1.165, 1.54) is 58.6 Å². The summed E-state index contributed by atoms with van der Waals surface area (Å²) >= 11 is 0. The standard InChI is InChI=1S/C31H51N3O7/c1-22(2)16-14-12-10-8-7-9-11-13-15-17-25-24(4)29(38)31(5,40)30(39)32-20-26(35)33-23(3)18-19-27(36)34(6)21-28(37)41-25/h18-19,22,24-25,40H,3,7-17,20-21H2,1-2,4-6H3,(H,32,39)(H,33,35)/b19-18+. The van der Waals surface area contributed by atoms with E-state index in [9.17, 15) is 29.1 Å². The van der Waals surface area contributed by atoms with Gasteiger partial charge in [0.25, 0.3) is 5.91 Å². The molecule has 0 radical (unpaired) electrons. The van der Waals surface area contributed by atoms with Gasteiger partial charge < -0.3 is 25.4 Å². The Kier molecular flexibility index (Phi) is 16.2. The van der Waals surface area contributed by atoms with Gasteiger partial charge in [0.15, 0.2) is 11.4 Å². The molecule has 1 rings (SSSR count). The first-order valence-electron chi connectivity index (χ1n) is 14.9. The monoisotopic (exact) mass is 577 g/mol. The highest BCUT2D eigenvalue weighted by Gasteiger charge is 2.44. The maximum Gasteiger partial charge on any atom is 0.325 e. The van der Waals surface area contributed by atoms with Crippen LogP contribution in [0.25, 0.3) is 0 Å². The van der Waals surface area contributed by atoms with Crippen LogP contribution in [0.3, 0.4) is 0 Å². The van der Waals surface area contributed by atoms with Crippen molar-refractivity contribution in [3.05, 3.63) is 24.4 Å². The van der Waals surface area contributed by atoms with Gasteiger partial charge in [-0.15, -0.1) is 0 Å². The number of aliphatic hydroxyl groups is 1. The van der Waals surface area contributed by atoms with E-state index in [0.717, 1.165) is 43.1 Å². The number of nitrogens with zero attached hydrogens (tertiary/aromatic N) is 1. The Bertz CT molecular complexity index is 942. The molecule has 10 nitrogen and oxygen atoms in total. The first-order chi connectivity index (χ1) is 19.2. The summed E-state index contributed by atoms with van der Waals surface area (Å²) in [7, 11) is 1.42. The van der Waals surface area contributed by atoms with Crippen molar-refractivity contribution in [2.45, 2.75) is 110 Å². The Hall–Kier alpha value is -3.01. The molecule has 0 spiro atoms. The molecule has 0 aromatic carbocycles. The van der Waals surface area contributed by atoms with Gasteiger partial charge in [0.2, 0.25) is 11.8 Å². The fourth-order valence-corrected chi connectivity index (χ4v) is 4.64. The zero-order valence-electron chi connectivity index (χ0n) is 25.6. The molecule has 3 amide bonds. The number of allylic oxidation sites excluding steroid dienone is 1. The van der Waals surface area contributed by atoms with E-state index < -0.39 is 53.6 Å². The molecule has 0 aromatic heterocycles. The van der Waals surface area contributed by atoms with Gasteiger partial charge in [-0.05, 0) is 31.8 Å². The molecule has 3 N–H and O–H groups in total. The lowest BCUT2D eigenvalue weighted by molar-refractivity contribution is -0.162. The number of esters is 1. The summed E-state index contributed by atoms with van der Waals surface area (Å²) in [5.41, 5.74) is -2.37. The minimum Gasteiger partial charge on any atom is -0.460 e. The predicted molar refractivity (Wildman–Crippen MR) is 157 cm³/mol. The van der Waals surface area contributed by atoms with Crippen LogP contribution in [0.1, 0.15) is 98.3 Å². The van der Waals surface area contributed by atoms with E-state index in [1.54, 1.807) is 0 Å². The number of amides is 3. The number of cyclic esters (lactones) is 1. The lowest BCUT2D eigenvalue weighted by Gasteiger charge is -2.29. The molecule has 1 heterocycles. The summed E-state index contributed by atoms with van der Waals surface area (Å²) in [4.78, 5) is 64.3. The zero-order chi connectivity index (χ0) is 31.0. The molecule has 0 saturated carbocycles. The Morgan fingerprint density at radius 3 is 2.15 bits per heavy atom. The van der Waals surface area contributed by atoms with Crippen LogP contribution in [0.15, 0.2) is 24.4 Å². The smallest absolute Gasteiger partial charge is 0.325 e. The number of unbranched alkanes of at least 4 members (excludes halogenated alkanes) is 8. The van der Waals surface area contributed by atoms with E-state index in [1.807, 2.05) is 0 Å². The molecule has 232 valence electrons. The van der Waals surface area contributed by atoms with Crippen molar-refractivity contribution in [3.8, 4) is 0 Å². The number of carbonyl (C=O) groups is 5. The second-order valence-electron chi connectivity index (χ2n) is 11.7. The molecule has 0 saturated heterocycles. The van der Waals surface area contributed by atoms with Crippen LogP contribution in [0.5, 0.6) is 0 Å². The van der Waals surface area contributed by atoms with Crippen LogP contribution < -0.4 is 10.6 Å². The number of hydrogen-bond acceptors (Lipinski definition) is 7. The first kappa shape index (κ1) is 36.0. The third kappa shape index (κ3) is 13.9. The molecule has 0 bridgehead atoms. The molecule has 3 atom stereocenters. The average Bonchev–Trinajstić information content (AvgIpc) is 2.90. The molecular formula is C31H51N3O7. The van der Waals surface area contributed by atoms with Gasteiger partial charge in [-0.1, -0.05) is 85.1 Å². The first-order valence-corrected chi connectivity index (χ1v) is 14.9. The van der Waals surface area contributed by atoms with Crippen molar-refractivity contribution in [2.24, 2.45) is 11.8 Å². The highest BCUT2D eigenvalue weighted by Crippen LogP contribution is 2.23. The highest BCUT2D eigenvalue weighted by molar-refractivity contribution is 6.10. The Labute approximate surface area is 245 Å². The van der Waals surface area contributed by atoms with Gasteiger partial charge >= 0.3 is 5.97 Å². The molecule has 10 heteroatoms. The Balaban J connectivity index is 2.83. The van der Waals surface area contributed by atoms with Gasteiger partial charge in [-0.3, -0.25) is 24.0 Å². The maximum atomic E-state index is 13.2. The number of ether oxygens (including phenoxy) is 1. The molecular weight excluding hydrogens is 526 g/mol. The van der Waals surface area contributed by atoms with Crippen molar-refractivity contribution < 1.29 is 33.8 Å². The highest BCUT2D eigenvalue weighted by atomic mass is 16.5. The van der Waals surface area contributed by atoms with E-state index in [4.69, 9.17) is 4.74 Å². The summed E-state index contributed by atoms with van der Waals surface area (Å²) in [5, 5.41) is 15.4. The van der Waals surface area contributed by atoms with E-state index in [-0.39, 0.29) is 12.2 Å². The third-order valence-electron chi connectivity index (χ3n) is 7.33. The van der Waals surface area contributed by atoms with Crippen molar-refractivity contribution >= 4 is 29.5 Å². The van der Waals surface area contributed by atoms with Gasteiger partial charge in [0, 0.05) is 18.8 Å². The molecule has 3 unspecified atom stereocenters. The fraction of sp³-hybridized carbons (Fsp3) is 0.710. The van der Waals surface area contributed by atoms with Crippen molar-refractivity contribution in [1.82, 2.24) is 15.5 Å². The number of rotatable bonds is 12. The van der Waals surface area contributed by atoms with Crippen LogP contribution in [0.4, 0.5) is 0 Å². The maximum absolute atomic E-state index is 13.2. The van der Waals surface area contributed by atoms with Crippen molar-refractivity contribution in [2.75, 3.05) is 20.1 Å². The number of likely N-dealkylation sites (N-methyl/N-ethyl adjacent to an activating group) is 1. The largest absolute Gasteiger partial charge is 0.460 e. The SMILES string of the molecule is C=C1/C=C/C(=O)N(C)CC(=O)OC(CCCCCCCCCCCC(C)C)C(C)C(=O)C(C)(O)C(=O)NCC(=O)N1. The van der Waals surface area contributed by atoms with Gasteiger partial charge in [-0.2, -0.15) is 0 Å². The van der Waals surface area contributed by atoms with E-state index in [0.29, 0.717) is 12.8 Å². The van der Waals surface area contributed by atoms with E-state index in [2.05, 4.69) is 31.1 Å². The summed E-state index contributed by atoms with van der Waals surface area (Å²) < 4.78 is 5.64. The topological polar surface area (TPSA) is 142 Å². The summed E-state index contributed by atoms with van der Waals surface area (Å²) in [6.07, 6.45) is 13.1. The minimum absolute atomic E-state index is 0.0797. The predicted octanol–water partition coefficient (Wildman–Crippen LogP) is 3.58. The second kappa shape index (κ2) is 18.4. The van der Waals surface area contributed by atoms with Crippen LogP contribution in [-0.2, 0) is 28.7 Å². The van der Waals surface area contributed by atoms with Crippen LogP contribution >= 0.6 is 0 Å². The molecule has 0 fully saturated rings. The lowest BCUT2D eigenvalue weighted by Crippen LogP contribution is -2.55. The Morgan fingerprint density at radius 2 is 1.56 bits per heavy atom. The molecule has 0 aromatic rings. The van der Waals surface area contributed by atoms with Crippen LogP contribution in [0.2, 0.25) is 0 Å². The zero-order valence-corrected chi connectivity index (χ0v) is 25.6. The second-order valence-corrected chi connectivity index (χ2v) is 11.7. The summed E-state index contributed by atoms with van der Waals surface area (Å²) in [5.74, 6) is -4.00. The van der Waals surface area contributed by atoms with Gasteiger partial charge in [-0.25, -0.2) is 0 Å². The van der Waals surface area contributed by atoms with Gasteiger partial charge in [0.05, 0.1) is 12.5 Å².